The molecule has 0 unspecified atom stereocenters. The van der Waals surface area contributed by atoms with Crippen LogP contribution in [0.3, 0.4) is 0 Å². The number of hydrogen-bond donors (Lipinski definition) is 3. The van der Waals surface area contributed by atoms with Crippen LogP contribution in [0, 0.1) is 15.5 Å². The zero-order valence-electron chi connectivity index (χ0n) is 35.8. The number of nitrogens with one attached hydrogen (secondary N) is 3. The first-order valence-corrected chi connectivity index (χ1v) is 23.6. The van der Waals surface area contributed by atoms with Crippen molar-refractivity contribution in [3.63, 3.8) is 0 Å². The minimum absolute atomic E-state index is 0.0260. The van der Waals surface area contributed by atoms with Gasteiger partial charge in [-0.2, -0.15) is 0 Å². The van der Waals surface area contributed by atoms with E-state index in [1.54, 1.807) is 36.5 Å². The van der Waals surface area contributed by atoms with E-state index >= 15 is 0 Å². The number of carbonyl (C=O) groups is 1. The maximum Gasteiger partial charge on any atom is 0.297 e. The van der Waals surface area contributed by atoms with E-state index in [1.165, 1.54) is 35.0 Å². The second-order valence-electron chi connectivity index (χ2n) is 17.6. The number of nitrogens with zero attached hydrogens (tertiary/aromatic N) is 4. The van der Waals surface area contributed by atoms with Gasteiger partial charge in [-0.05, 0) is 96.3 Å². The molecule has 4 aromatic carbocycles. The number of nitro groups is 1. The number of H-pyrrole nitrogens is 1. The van der Waals surface area contributed by atoms with Crippen molar-refractivity contribution in [2.75, 3.05) is 49.5 Å². The number of halogens is 2. The number of anilines is 2. The topological polar surface area (TPSA) is 172 Å². The maximum absolute atomic E-state index is 14.1. The lowest BCUT2D eigenvalue weighted by Gasteiger charge is -2.39. The third-order valence-corrected chi connectivity index (χ3v) is 14.1. The van der Waals surface area contributed by atoms with E-state index in [0.29, 0.717) is 35.9 Å². The van der Waals surface area contributed by atoms with Crippen molar-refractivity contribution in [3.05, 3.63) is 146 Å². The summed E-state index contributed by atoms with van der Waals surface area (Å²) in [6, 6.07) is 25.7. The van der Waals surface area contributed by atoms with Gasteiger partial charge in [0.1, 0.15) is 23.8 Å². The van der Waals surface area contributed by atoms with Gasteiger partial charge in [0.2, 0.25) is 0 Å². The molecule has 336 valence electrons. The quantitative estimate of drug-likeness (QED) is 0.0788. The van der Waals surface area contributed by atoms with Crippen LogP contribution in [0.1, 0.15) is 54.6 Å². The molecule has 14 nitrogen and oxygen atoms in total. The Morgan fingerprint density at radius 3 is 2.46 bits per heavy atom. The summed E-state index contributed by atoms with van der Waals surface area (Å²) in [5, 5.41) is 17.6. The Hall–Kier alpha value is -6.13. The molecule has 9 rings (SSSR count). The summed E-state index contributed by atoms with van der Waals surface area (Å²) < 4.78 is 42.2. The zero-order chi connectivity index (χ0) is 45.5. The van der Waals surface area contributed by atoms with Crippen LogP contribution in [0.2, 0.25) is 10.0 Å². The molecule has 0 spiro atoms. The molecule has 1 aliphatic carbocycles. The normalized spacial score (nSPS) is 17.5. The van der Waals surface area contributed by atoms with Gasteiger partial charge in [0.15, 0.2) is 11.4 Å². The van der Waals surface area contributed by atoms with Crippen molar-refractivity contribution in [2.45, 2.75) is 50.5 Å². The maximum atomic E-state index is 14.1. The Balaban J connectivity index is 0.942. The van der Waals surface area contributed by atoms with Crippen LogP contribution in [0.5, 0.6) is 17.2 Å². The van der Waals surface area contributed by atoms with Crippen molar-refractivity contribution in [2.24, 2.45) is 5.41 Å². The fourth-order valence-corrected chi connectivity index (χ4v) is 10.1. The van der Waals surface area contributed by atoms with Gasteiger partial charge in [0.25, 0.3) is 21.6 Å². The molecule has 1 amide bonds. The molecule has 1 saturated heterocycles. The Morgan fingerprint density at radius 1 is 0.985 bits per heavy atom. The summed E-state index contributed by atoms with van der Waals surface area (Å²) in [6.45, 7) is 8.67. The number of sulfonamides is 1. The smallest absolute Gasteiger partial charge is 0.297 e. The van der Waals surface area contributed by atoms with E-state index in [-0.39, 0.29) is 40.8 Å². The average Bonchev–Trinajstić information content (AvgIpc) is 3.76. The van der Waals surface area contributed by atoms with Gasteiger partial charge in [-0.25, -0.2) is 18.1 Å². The molecule has 65 heavy (non-hydrogen) atoms. The van der Waals surface area contributed by atoms with Crippen molar-refractivity contribution in [1.82, 2.24) is 19.6 Å². The molecule has 2 aliphatic heterocycles. The Labute approximate surface area is 386 Å². The number of benzene rings is 4. The van der Waals surface area contributed by atoms with E-state index in [4.69, 9.17) is 32.7 Å². The minimum Gasteiger partial charge on any atom is -0.489 e. The van der Waals surface area contributed by atoms with Gasteiger partial charge in [0, 0.05) is 78.2 Å². The highest BCUT2D eigenvalue weighted by atomic mass is 35.5. The van der Waals surface area contributed by atoms with E-state index in [1.807, 2.05) is 30.3 Å². The van der Waals surface area contributed by atoms with Crippen molar-refractivity contribution >= 4 is 72.8 Å². The molecule has 6 aromatic rings. The fraction of sp³-hybridized carbons (Fsp3) is 0.292. The lowest BCUT2D eigenvalue weighted by Crippen LogP contribution is -2.47. The molecule has 17 heteroatoms. The standard InChI is InChI=1S/C48H47Cl2N7O7S/c1-48(2)15-13-33(41(26-48)31-5-9-35(50)10-6-31)28-55-17-19-56(20-18-55)37-11-12-40(43(23-37)64-38-22-32-14-16-51-46(32)52-27-38)47(58)54-65(61,62)39-24-42(57(59)60)45-44(25-39)63-29-36(53-45)21-30-3-7-34(49)8-4-30/h3-12,14,16,22-25,27,36,53H,13,15,17-21,26,28-29H2,1-2H3,(H,51,52)(H,54,58)/t36-/m0/s1. The lowest BCUT2D eigenvalue weighted by atomic mass is 9.72. The Morgan fingerprint density at radius 2 is 1.72 bits per heavy atom. The Bertz CT molecular complexity index is 2930. The number of aromatic nitrogens is 2. The van der Waals surface area contributed by atoms with Gasteiger partial charge >= 0.3 is 0 Å². The van der Waals surface area contributed by atoms with E-state index in [9.17, 15) is 23.3 Å². The number of nitro benzene ring substituents is 1. The highest BCUT2D eigenvalue weighted by Crippen LogP contribution is 2.44. The number of fused-ring (bicyclic) bond motifs is 2. The average molecular weight is 937 g/mol. The van der Waals surface area contributed by atoms with E-state index in [2.05, 4.69) is 55.8 Å². The predicted molar refractivity (Wildman–Crippen MR) is 253 cm³/mol. The SMILES string of the molecule is CC1(C)CCC(CN2CCN(c3ccc(C(=O)NS(=O)(=O)c4cc5c(c([N+](=O)[O-])c4)N[C@@H](Cc4ccc(Cl)cc4)CO5)c(Oc4cnc5[nH]ccc5c4)c3)CC2)=C(c2ccc(Cl)cc2)C1. The van der Waals surface area contributed by atoms with Crippen LogP contribution in [-0.2, 0) is 16.4 Å². The van der Waals surface area contributed by atoms with Gasteiger partial charge < -0.3 is 24.7 Å². The molecule has 3 aliphatic rings. The summed E-state index contributed by atoms with van der Waals surface area (Å²) >= 11 is 12.3. The fourth-order valence-electron chi connectivity index (χ4n) is 8.80. The molecule has 1 fully saturated rings. The van der Waals surface area contributed by atoms with E-state index < -0.39 is 31.4 Å². The number of hydrogen-bond acceptors (Lipinski definition) is 11. The summed E-state index contributed by atoms with van der Waals surface area (Å²) in [4.78, 5) is 37.4. The molecule has 3 N–H and O–H groups in total. The number of pyridine rings is 1. The number of piperazine rings is 1. The number of rotatable bonds is 12. The van der Waals surface area contributed by atoms with Crippen LogP contribution in [-0.4, -0.2) is 79.5 Å². The molecule has 0 saturated carbocycles. The highest BCUT2D eigenvalue weighted by molar-refractivity contribution is 7.90. The first-order valence-electron chi connectivity index (χ1n) is 21.4. The summed E-state index contributed by atoms with van der Waals surface area (Å²) in [6.07, 6.45) is 6.91. The number of aromatic amines is 1. The summed E-state index contributed by atoms with van der Waals surface area (Å²) in [7, 11) is -4.68. The predicted octanol–water partition coefficient (Wildman–Crippen LogP) is 9.89. The van der Waals surface area contributed by atoms with Crippen molar-refractivity contribution < 1.29 is 27.6 Å². The largest absolute Gasteiger partial charge is 0.489 e. The molecule has 0 bridgehead atoms. The molecule has 4 heterocycles. The first kappa shape index (κ1) is 44.1. The molecule has 0 radical (unpaired) electrons. The minimum atomic E-state index is -4.68. The number of carbonyl (C=O) groups excluding carboxylic acids is 1. The van der Waals surface area contributed by atoms with Crippen LogP contribution < -0.4 is 24.4 Å². The zero-order valence-corrected chi connectivity index (χ0v) is 38.1. The second-order valence-corrected chi connectivity index (χ2v) is 20.1. The summed E-state index contributed by atoms with van der Waals surface area (Å²) in [5.41, 5.74) is 6.14. The monoisotopic (exact) mass is 935 g/mol. The molecular formula is C48H47Cl2N7O7S. The van der Waals surface area contributed by atoms with E-state index in [0.717, 1.165) is 66.6 Å². The van der Waals surface area contributed by atoms with Crippen LogP contribution in [0.15, 0.2) is 114 Å². The Kier molecular flexibility index (Phi) is 12.2. The molecule has 2 aromatic heterocycles. The van der Waals surface area contributed by atoms with Gasteiger partial charge in [-0.15, -0.1) is 0 Å². The molecular weight excluding hydrogens is 890 g/mol. The lowest BCUT2D eigenvalue weighted by molar-refractivity contribution is -0.384. The summed E-state index contributed by atoms with van der Waals surface area (Å²) in [5.74, 6) is -0.579. The first-order chi connectivity index (χ1) is 31.2. The number of allylic oxidation sites excluding steroid dienone is 1. The van der Waals surface area contributed by atoms with Gasteiger partial charge in [-0.3, -0.25) is 19.8 Å². The highest BCUT2D eigenvalue weighted by Gasteiger charge is 2.33. The van der Waals surface area contributed by atoms with Crippen LogP contribution >= 0.6 is 23.2 Å². The third kappa shape index (κ3) is 9.93. The third-order valence-electron chi connectivity index (χ3n) is 12.3. The second kappa shape index (κ2) is 18.0. The van der Waals surface area contributed by atoms with Crippen molar-refractivity contribution in [3.8, 4) is 17.2 Å². The van der Waals surface area contributed by atoms with Gasteiger partial charge in [-0.1, -0.05) is 66.9 Å². The number of ether oxygens (including phenoxy) is 2. The van der Waals surface area contributed by atoms with Crippen LogP contribution in [0.4, 0.5) is 17.1 Å². The van der Waals surface area contributed by atoms with Gasteiger partial charge in [0.05, 0.1) is 27.6 Å². The van der Waals surface area contributed by atoms with Crippen LogP contribution in [0.25, 0.3) is 16.6 Å². The van der Waals surface area contributed by atoms with Crippen molar-refractivity contribution in [1.29, 1.82) is 0 Å². The number of amides is 1. The molecule has 1 atom stereocenters.